The van der Waals surface area contributed by atoms with E-state index in [4.69, 9.17) is 15.0 Å². The third-order valence-corrected chi connectivity index (χ3v) is 4.23. The van der Waals surface area contributed by atoms with E-state index in [1.807, 2.05) is 30.3 Å². The molecule has 120 valence electrons. The third-order valence-electron chi connectivity index (χ3n) is 4.23. The number of methoxy groups -OCH3 is 1. The zero-order valence-electron chi connectivity index (χ0n) is 12.7. The fourth-order valence-electron chi connectivity index (χ4n) is 2.66. The molecule has 0 radical (unpaired) electrons. The van der Waals surface area contributed by atoms with Gasteiger partial charge in [0.05, 0.1) is 18.2 Å². The van der Waals surface area contributed by atoms with Gasteiger partial charge in [0.25, 0.3) is 5.89 Å². The van der Waals surface area contributed by atoms with Gasteiger partial charge in [-0.1, -0.05) is 11.2 Å². The second-order valence-corrected chi connectivity index (χ2v) is 5.69. The number of aromatic nitrogens is 3. The molecule has 2 N–H and O–H groups in total. The van der Waals surface area contributed by atoms with Crippen LogP contribution in [-0.2, 0) is 5.54 Å². The number of nitrogens with zero attached hydrogens (tertiary/aromatic N) is 3. The number of rotatable bonds is 3. The Balaban J connectivity index is 0.00000156. The lowest BCUT2D eigenvalue weighted by Gasteiger charge is -2.34. The maximum Gasteiger partial charge on any atom is 0.276 e. The summed E-state index contributed by atoms with van der Waals surface area (Å²) in [6.07, 6.45) is 2.91. The van der Waals surface area contributed by atoms with Gasteiger partial charge in [-0.25, -0.2) is 4.98 Å². The topological polar surface area (TPSA) is 87.1 Å². The van der Waals surface area contributed by atoms with Crippen LogP contribution in [0.2, 0.25) is 0 Å². The van der Waals surface area contributed by atoms with Gasteiger partial charge in [0.2, 0.25) is 0 Å². The Morgan fingerprint density at radius 1 is 1.17 bits per heavy atom. The summed E-state index contributed by atoms with van der Waals surface area (Å²) in [7, 11) is 1.64. The number of pyridine rings is 1. The van der Waals surface area contributed by atoms with Gasteiger partial charge in [-0.2, -0.15) is 4.98 Å². The van der Waals surface area contributed by atoms with Crippen LogP contribution < -0.4 is 10.5 Å². The predicted octanol–water partition coefficient (Wildman–Crippen LogP) is 3.05. The molecule has 0 aliphatic heterocycles. The molecule has 0 amide bonds. The van der Waals surface area contributed by atoms with Crippen molar-refractivity contribution in [1.82, 2.24) is 15.1 Å². The molecule has 1 aliphatic carbocycles. The number of benzene rings is 1. The number of fused-ring (bicyclic) bond motifs is 1. The van der Waals surface area contributed by atoms with E-state index in [2.05, 4.69) is 15.1 Å². The van der Waals surface area contributed by atoms with Crippen molar-refractivity contribution in [3.63, 3.8) is 0 Å². The first-order valence-corrected chi connectivity index (χ1v) is 7.26. The van der Waals surface area contributed by atoms with Gasteiger partial charge >= 0.3 is 0 Å². The van der Waals surface area contributed by atoms with E-state index in [-0.39, 0.29) is 12.4 Å². The van der Waals surface area contributed by atoms with E-state index >= 15 is 0 Å². The molecule has 23 heavy (non-hydrogen) atoms. The van der Waals surface area contributed by atoms with Crippen molar-refractivity contribution in [3.05, 3.63) is 36.2 Å². The van der Waals surface area contributed by atoms with Gasteiger partial charge < -0.3 is 15.0 Å². The number of ether oxygens (including phenoxy) is 1. The largest absolute Gasteiger partial charge is 0.497 e. The molecule has 3 aromatic rings. The van der Waals surface area contributed by atoms with Crippen LogP contribution in [0.3, 0.4) is 0 Å². The summed E-state index contributed by atoms with van der Waals surface area (Å²) in [5, 5.41) is 5.02. The summed E-state index contributed by atoms with van der Waals surface area (Å²) in [6.45, 7) is 0. The summed E-state index contributed by atoms with van der Waals surface area (Å²) < 4.78 is 10.6. The standard InChI is InChI=1S/C16H16N4O2.ClH/c1-21-11-4-6-12-10(9-11)3-5-13(18-12)14-19-15(20-22-14)16(17)7-2-8-16;/h3-6,9H,2,7-8,17H2,1H3;1H. The Bertz CT molecular complexity index is 845. The fraction of sp³-hybridized carbons (Fsp3) is 0.312. The maximum atomic E-state index is 6.22. The molecule has 0 atom stereocenters. The first-order chi connectivity index (χ1) is 10.7. The fourth-order valence-corrected chi connectivity index (χ4v) is 2.66. The summed E-state index contributed by atoms with van der Waals surface area (Å²) in [6, 6.07) is 9.55. The zero-order valence-corrected chi connectivity index (χ0v) is 13.5. The van der Waals surface area contributed by atoms with Crippen LogP contribution in [0.15, 0.2) is 34.9 Å². The molecule has 1 fully saturated rings. The van der Waals surface area contributed by atoms with Gasteiger partial charge in [-0.15, -0.1) is 12.4 Å². The normalized spacial score (nSPS) is 15.7. The van der Waals surface area contributed by atoms with Crippen LogP contribution >= 0.6 is 12.4 Å². The third kappa shape index (κ3) is 2.64. The Kier molecular flexibility index (Phi) is 3.95. The van der Waals surface area contributed by atoms with E-state index in [0.29, 0.717) is 17.4 Å². The molecule has 1 aromatic carbocycles. The molecular formula is C16H17ClN4O2. The minimum Gasteiger partial charge on any atom is -0.497 e. The Hall–Kier alpha value is -2.18. The number of nitrogens with two attached hydrogens (primary N) is 1. The van der Waals surface area contributed by atoms with Crippen molar-refractivity contribution in [2.45, 2.75) is 24.8 Å². The summed E-state index contributed by atoms with van der Waals surface area (Å²) >= 11 is 0. The van der Waals surface area contributed by atoms with Crippen LogP contribution in [0, 0.1) is 0 Å². The van der Waals surface area contributed by atoms with E-state index in [0.717, 1.165) is 35.9 Å². The highest BCUT2D eigenvalue weighted by Gasteiger charge is 2.39. The number of hydrogen-bond donors (Lipinski definition) is 1. The van der Waals surface area contributed by atoms with Crippen LogP contribution in [0.5, 0.6) is 5.75 Å². The lowest BCUT2D eigenvalue weighted by Crippen LogP contribution is -2.44. The highest BCUT2D eigenvalue weighted by atomic mass is 35.5. The lowest BCUT2D eigenvalue weighted by atomic mass is 9.77. The minimum absolute atomic E-state index is 0. The van der Waals surface area contributed by atoms with Crippen molar-refractivity contribution in [1.29, 1.82) is 0 Å². The molecular weight excluding hydrogens is 316 g/mol. The smallest absolute Gasteiger partial charge is 0.276 e. The number of hydrogen-bond acceptors (Lipinski definition) is 6. The van der Waals surface area contributed by atoms with Crippen LogP contribution in [0.1, 0.15) is 25.1 Å². The van der Waals surface area contributed by atoms with E-state index in [1.54, 1.807) is 7.11 Å². The second-order valence-electron chi connectivity index (χ2n) is 5.69. The summed E-state index contributed by atoms with van der Waals surface area (Å²) in [5.74, 6) is 1.78. The van der Waals surface area contributed by atoms with Gasteiger partial charge in [0.15, 0.2) is 5.82 Å². The van der Waals surface area contributed by atoms with Gasteiger partial charge in [-0.3, -0.25) is 0 Å². The molecule has 0 saturated heterocycles. The van der Waals surface area contributed by atoms with Gasteiger partial charge in [0, 0.05) is 5.39 Å². The molecule has 2 aromatic heterocycles. The SMILES string of the molecule is COc1ccc2nc(-c3nc(C4(N)CCC4)no3)ccc2c1.Cl. The highest BCUT2D eigenvalue weighted by molar-refractivity contribution is 5.85. The average molecular weight is 333 g/mol. The van der Waals surface area contributed by atoms with E-state index < -0.39 is 5.54 Å². The van der Waals surface area contributed by atoms with Crippen molar-refractivity contribution in [2.24, 2.45) is 5.73 Å². The molecule has 2 heterocycles. The van der Waals surface area contributed by atoms with Crippen LogP contribution in [0.25, 0.3) is 22.5 Å². The molecule has 1 saturated carbocycles. The first-order valence-electron chi connectivity index (χ1n) is 7.26. The lowest BCUT2D eigenvalue weighted by molar-refractivity contribution is 0.229. The highest BCUT2D eigenvalue weighted by Crippen LogP contribution is 2.37. The van der Waals surface area contributed by atoms with E-state index in [1.165, 1.54) is 0 Å². The number of halogens is 1. The van der Waals surface area contributed by atoms with E-state index in [9.17, 15) is 0 Å². The second kappa shape index (κ2) is 5.79. The molecule has 0 bridgehead atoms. The van der Waals surface area contributed by atoms with Crippen molar-refractivity contribution < 1.29 is 9.26 Å². The first kappa shape index (κ1) is 15.7. The van der Waals surface area contributed by atoms with Gasteiger partial charge in [0.1, 0.15) is 11.4 Å². The quantitative estimate of drug-likeness (QED) is 0.793. The Labute approximate surface area is 139 Å². The molecule has 7 heteroatoms. The molecule has 0 spiro atoms. The maximum absolute atomic E-state index is 6.22. The summed E-state index contributed by atoms with van der Waals surface area (Å²) in [5.41, 5.74) is 7.30. The van der Waals surface area contributed by atoms with Crippen molar-refractivity contribution in [3.8, 4) is 17.3 Å². The van der Waals surface area contributed by atoms with Crippen molar-refractivity contribution >= 4 is 23.3 Å². The Morgan fingerprint density at radius 3 is 2.70 bits per heavy atom. The van der Waals surface area contributed by atoms with Gasteiger partial charge in [-0.05, 0) is 43.5 Å². The minimum atomic E-state index is -0.425. The van der Waals surface area contributed by atoms with Crippen molar-refractivity contribution in [2.75, 3.05) is 7.11 Å². The van der Waals surface area contributed by atoms with Crippen LogP contribution in [0.4, 0.5) is 0 Å². The monoisotopic (exact) mass is 332 g/mol. The average Bonchev–Trinajstić information content (AvgIpc) is 3.01. The summed E-state index contributed by atoms with van der Waals surface area (Å²) in [4.78, 5) is 8.99. The predicted molar refractivity (Wildman–Crippen MR) is 88.6 cm³/mol. The van der Waals surface area contributed by atoms with Crippen LogP contribution in [-0.4, -0.2) is 22.2 Å². The molecule has 0 unspecified atom stereocenters. The zero-order chi connectivity index (χ0) is 15.2. The Morgan fingerprint density at radius 2 is 2.00 bits per heavy atom. The molecule has 6 nitrogen and oxygen atoms in total. The molecule has 1 aliphatic rings. The molecule has 4 rings (SSSR count).